The first-order chi connectivity index (χ1) is 8.90. The van der Waals surface area contributed by atoms with Crippen molar-refractivity contribution < 1.29 is 9.53 Å². The predicted molar refractivity (Wildman–Crippen MR) is 76.9 cm³/mol. The van der Waals surface area contributed by atoms with Gasteiger partial charge in [0.1, 0.15) is 5.60 Å². The van der Waals surface area contributed by atoms with Crippen molar-refractivity contribution in [3.63, 3.8) is 0 Å². The average molecular weight is 266 g/mol. The van der Waals surface area contributed by atoms with Crippen molar-refractivity contribution in [1.29, 1.82) is 0 Å². The largest absolute Gasteiger partial charge is 0.444 e. The van der Waals surface area contributed by atoms with Gasteiger partial charge in [-0.25, -0.2) is 4.79 Å². The number of ether oxygens (including phenoxy) is 1. The zero-order chi connectivity index (χ0) is 14.3. The summed E-state index contributed by atoms with van der Waals surface area (Å²) in [5, 5.41) is 6.35. The minimum Gasteiger partial charge on any atom is -0.444 e. The maximum absolute atomic E-state index is 11.5. The molecule has 1 fully saturated rings. The van der Waals surface area contributed by atoms with Crippen LogP contribution in [0.4, 0.5) is 4.79 Å². The summed E-state index contributed by atoms with van der Waals surface area (Å²) in [7, 11) is 0. The van der Waals surface area contributed by atoms with Crippen LogP contribution in [0.3, 0.4) is 0 Å². The van der Waals surface area contributed by atoms with Gasteiger partial charge in [0.05, 0.1) is 0 Å². The Morgan fingerprint density at radius 3 is 2.58 bits per heavy atom. The summed E-state index contributed by atoms with van der Waals surface area (Å²) in [4.78, 5) is 11.5. The van der Waals surface area contributed by atoms with Crippen molar-refractivity contribution in [2.24, 2.45) is 0 Å². The lowest BCUT2D eigenvalue weighted by molar-refractivity contribution is 0.0465. The molecule has 1 aliphatic carbocycles. The molecule has 0 radical (unpaired) electrons. The number of alkyl carbamates (subject to hydrolysis) is 1. The van der Waals surface area contributed by atoms with Gasteiger partial charge in [0.2, 0.25) is 0 Å². The van der Waals surface area contributed by atoms with Gasteiger partial charge in [-0.15, -0.1) is 12.3 Å². The van der Waals surface area contributed by atoms with Crippen LogP contribution in [0.15, 0.2) is 0 Å². The molecule has 0 saturated heterocycles. The molecular formula is C15H26N2O2. The van der Waals surface area contributed by atoms with Crippen molar-refractivity contribution >= 4 is 6.09 Å². The van der Waals surface area contributed by atoms with E-state index in [2.05, 4.69) is 16.6 Å². The number of carbonyl (C=O) groups excluding carboxylic acids is 1. The Hall–Kier alpha value is -1.21. The average Bonchev–Trinajstić information content (AvgIpc) is 2.22. The van der Waals surface area contributed by atoms with E-state index >= 15 is 0 Å². The molecule has 0 bridgehead atoms. The summed E-state index contributed by atoms with van der Waals surface area (Å²) in [6, 6.07) is 0.767. The van der Waals surface area contributed by atoms with Gasteiger partial charge in [-0.05, 0) is 53.0 Å². The molecule has 1 aliphatic rings. The number of hydrogen-bond donors (Lipinski definition) is 2. The van der Waals surface area contributed by atoms with Gasteiger partial charge in [0.15, 0.2) is 0 Å². The third-order valence-corrected chi connectivity index (χ3v) is 3.04. The SMILES string of the molecule is C#CCCCCNC1CC(NC(=O)OC(C)(C)C)C1. The Kier molecular flexibility index (Phi) is 6.17. The van der Waals surface area contributed by atoms with E-state index in [-0.39, 0.29) is 12.1 Å². The number of hydrogen-bond acceptors (Lipinski definition) is 3. The van der Waals surface area contributed by atoms with Gasteiger partial charge in [0, 0.05) is 18.5 Å². The first-order valence-corrected chi connectivity index (χ1v) is 7.07. The number of terminal acetylenes is 1. The monoisotopic (exact) mass is 266 g/mol. The van der Waals surface area contributed by atoms with Crippen molar-refractivity contribution in [2.75, 3.05) is 6.54 Å². The van der Waals surface area contributed by atoms with E-state index in [4.69, 9.17) is 11.2 Å². The van der Waals surface area contributed by atoms with E-state index in [9.17, 15) is 4.79 Å². The van der Waals surface area contributed by atoms with Crippen LogP contribution in [-0.2, 0) is 4.74 Å². The van der Waals surface area contributed by atoms with Crippen LogP contribution in [0.25, 0.3) is 0 Å². The Bertz CT molecular complexity index is 322. The van der Waals surface area contributed by atoms with E-state index in [1.54, 1.807) is 0 Å². The number of amides is 1. The van der Waals surface area contributed by atoms with Gasteiger partial charge in [-0.1, -0.05) is 0 Å². The maximum atomic E-state index is 11.5. The molecule has 0 aromatic rings. The van der Waals surface area contributed by atoms with E-state index < -0.39 is 5.60 Å². The fraction of sp³-hybridized carbons (Fsp3) is 0.800. The zero-order valence-electron chi connectivity index (χ0n) is 12.3. The van der Waals surface area contributed by atoms with Crippen molar-refractivity contribution in [3.8, 4) is 12.3 Å². The highest BCUT2D eigenvalue weighted by Gasteiger charge is 2.30. The molecule has 1 amide bonds. The summed E-state index contributed by atoms with van der Waals surface area (Å²) >= 11 is 0. The minimum atomic E-state index is -0.428. The molecule has 0 atom stereocenters. The molecule has 19 heavy (non-hydrogen) atoms. The fourth-order valence-corrected chi connectivity index (χ4v) is 2.03. The number of unbranched alkanes of at least 4 members (excludes halogenated alkanes) is 2. The molecular weight excluding hydrogens is 240 g/mol. The summed E-state index contributed by atoms with van der Waals surface area (Å²) in [5.74, 6) is 2.64. The number of carbonyl (C=O) groups is 1. The highest BCUT2D eigenvalue weighted by Crippen LogP contribution is 2.20. The lowest BCUT2D eigenvalue weighted by Crippen LogP contribution is -2.53. The zero-order valence-corrected chi connectivity index (χ0v) is 12.3. The molecule has 108 valence electrons. The van der Waals surface area contributed by atoms with Gasteiger partial charge < -0.3 is 15.4 Å². The van der Waals surface area contributed by atoms with Crippen LogP contribution in [0.2, 0.25) is 0 Å². The third-order valence-electron chi connectivity index (χ3n) is 3.04. The van der Waals surface area contributed by atoms with Crippen LogP contribution in [0.1, 0.15) is 52.9 Å². The van der Waals surface area contributed by atoms with E-state index in [1.807, 2.05) is 20.8 Å². The first kappa shape index (κ1) is 15.8. The molecule has 0 aromatic heterocycles. The van der Waals surface area contributed by atoms with Crippen molar-refractivity contribution in [2.45, 2.75) is 70.6 Å². The van der Waals surface area contributed by atoms with Gasteiger partial charge in [-0.3, -0.25) is 0 Å². The molecule has 1 saturated carbocycles. The second-order valence-electron chi connectivity index (χ2n) is 6.13. The Labute approximate surface area is 116 Å². The molecule has 0 aliphatic heterocycles. The smallest absolute Gasteiger partial charge is 0.407 e. The minimum absolute atomic E-state index is 0.248. The number of rotatable bonds is 6. The van der Waals surface area contributed by atoms with Crippen LogP contribution in [0.5, 0.6) is 0 Å². The second kappa shape index (κ2) is 7.40. The van der Waals surface area contributed by atoms with Gasteiger partial charge >= 0.3 is 6.09 Å². The van der Waals surface area contributed by atoms with Crippen LogP contribution in [0, 0.1) is 12.3 Å². The molecule has 0 unspecified atom stereocenters. The lowest BCUT2D eigenvalue weighted by atomic mass is 9.87. The predicted octanol–water partition coefficient (Wildman–Crippen LogP) is 2.44. The van der Waals surface area contributed by atoms with E-state index in [0.29, 0.717) is 6.04 Å². The van der Waals surface area contributed by atoms with E-state index in [1.165, 1.54) is 0 Å². The Morgan fingerprint density at radius 2 is 2.00 bits per heavy atom. The normalized spacial score (nSPS) is 22.2. The Balaban J connectivity index is 2.01. The van der Waals surface area contributed by atoms with E-state index in [0.717, 1.165) is 38.6 Å². The Morgan fingerprint density at radius 1 is 1.32 bits per heavy atom. The highest BCUT2D eigenvalue weighted by molar-refractivity contribution is 5.68. The molecule has 1 rings (SSSR count). The molecule has 0 heterocycles. The quantitative estimate of drug-likeness (QED) is 0.573. The lowest BCUT2D eigenvalue weighted by Gasteiger charge is -2.36. The summed E-state index contributed by atoms with van der Waals surface area (Å²) in [5.41, 5.74) is -0.428. The topological polar surface area (TPSA) is 50.4 Å². The van der Waals surface area contributed by atoms with Crippen LogP contribution < -0.4 is 10.6 Å². The molecule has 2 N–H and O–H groups in total. The molecule has 4 nitrogen and oxygen atoms in total. The maximum Gasteiger partial charge on any atom is 0.407 e. The molecule has 4 heteroatoms. The third kappa shape index (κ3) is 7.07. The molecule has 0 aromatic carbocycles. The fourth-order valence-electron chi connectivity index (χ4n) is 2.03. The summed E-state index contributed by atoms with van der Waals surface area (Å²) in [6.45, 7) is 6.61. The van der Waals surface area contributed by atoms with Crippen LogP contribution >= 0.6 is 0 Å². The molecule has 0 spiro atoms. The van der Waals surface area contributed by atoms with Crippen molar-refractivity contribution in [3.05, 3.63) is 0 Å². The summed E-state index contributed by atoms with van der Waals surface area (Å²) < 4.78 is 5.22. The number of nitrogens with one attached hydrogen (secondary N) is 2. The van der Waals surface area contributed by atoms with Gasteiger partial charge in [-0.2, -0.15) is 0 Å². The van der Waals surface area contributed by atoms with Crippen LogP contribution in [-0.4, -0.2) is 30.3 Å². The first-order valence-electron chi connectivity index (χ1n) is 7.07. The highest BCUT2D eigenvalue weighted by atomic mass is 16.6. The second-order valence-corrected chi connectivity index (χ2v) is 6.13. The standard InChI is InChI=1S/C15H26N2O2/c1-5-6-7-8-9-16-12-10-13(11-12)17-14(18)19-15(2,3)4/h1,12-13,16H,6-11H2,2-4H3,(H,17,18). The van der Waals surface area contributed by atoms with Crippen molar-refractivity contribution in [1.82, 2.24) is 10.6 Å². The summed E-state index contributed by atoms with van der Waals surface area (Å²) in [6.07, 6.45) is 9.89. The van der Waals surface area contributed by atoms with Gasteiger partial charge in [0.25, 0.3) is 0 Å².